The highest BCUT2D eigenvalue weighted by Gasteiger charge is 2.38. The zero-order chi connectivity index (χ0) is 21.1. The Morgan fingerprint density at radius 1 is 1.07 bits per heavy atom. The quantitative estimate of drug-likeness (QED) is 0.728. The molecule has 0 amide bonds. The van der Waals surface area contributed by atoms with Gasteiger partial charge in [0, 0.05) is 32.8 Å². The van der Waals surface area contributed by atoms with Gasteiger partial charge in [-0.2, -0.15) is 4.31 Å². The summed E-state index contributed by atoms with van der Waals surface area (Å²) in [6.07, 6.45) is 8.29. The minimum atomic E-state index is -3.68. The SMILES string of the molecule is COC[C@@H]1CCCN1S(=O)(=O)c1ccc2c(c1)C(=O)C1=NCCCCCCCCN12. The molecule has 3 heterocycles. The molecule has 3 aliphatic rings. The maximum Gasteiger partial charge on any atom is 0.243 e. The summed E-state index contributed by atoms with van der Waals surface area (Å²) >= 11 is 0. The van der Waals surface area contributed by atoms with E-state index in [1.54, 1.807) is 25.3 Å². The van der Waals surface area contributed by atoms with Crippen LogP contribution in [0.2, 0.25) is 0 Å². The van der Waals surface area contributed by atoms with E-state index in [1.165, 1.54) is 17.1 Å². The maximum atomic E-state index is 13.3. The molecule has 0 unspecified atom stereocenters. The van der Waals surface area contributed by atoms with E-state index >= 15 is 0 Å². The molecule has 0 spiro atoms. The Kier molecular flexibility index (Phi) is 6.55. The highest BCUT2D eigenvalue weighted by Crippen LogP contribution is 2.34. The zero-order valence-corrected chi connectivity index (χ0v) is 18.5. The van der Waals surface area contributed by atoms with Crippen LogP contribution in [-0.2, 0) is 14.8 Å². The minimum Gasteiger partial charge on any atom is -0.383 e. The normalized spacial score (nSPS) is 23.6. The van der Waals surface area contributed by atoms with Crippen LogP contribution in [-0.4, -0.2) is 63.7 Å². The van der Waals surface area contributed by atoms with Crippen molar-refractivity contribution in [1.82, 2.24) is 4.31 Å². The second-order valence-corrected chi connectivity index (χ2v) is 10.2. The standard InChI is InChI=1S/C22H31N3O4S/c1-29-16-17-9-8-14-25(17)30(27,28)18-10-11-20-19(15-18)21(26)22-23-12-6-4-2-3-5-7-13-24(20)22/h10-11,15,17H,2-9,12-14,16H2,1H3/t17-/m0/s1. The Morgan fingerprint density at radius 2 is 1.83 bits per heavy atom. The first kappa shape index (κ1) is 21.5. The van der Waals surface area contributed by atoms with Crippen molar-refractivity contribution in [2.75, 3.05) is 38.3 Å². The number of nitrogens with zero attached hydrogens (tertiary/aromatic N) is 3. The molecule has 164 valence electrons. The topological polar surface area (TPSA) is 79.3 Å². The molecule has 3 aliphatic heterocycles. The molecule has 4 rings (SSSR count). The third-order valence-electron chi connectivity index (χ3n) is 6.30. The largest absolute Gasteiger partial charge is 0.383 e. The maximum absolute atomic E-state index is 13.3. The van der Waals surface area contributed by atoms with Gasteiger partial charge in [-0.25, -0.2) is 8.42 Å². The van der Waals surface area contributed by atoms with Gasteiger partial charge >= 0.3 is 0 Å². The molecule has 1 fully saturated rings. The predicted octanol–water partition coefficient (Wildman–Crippen LogP) is 3.24. The third-order valence-corrected chi connectivity index (χ3v) is 8.25. The highest BCUT2D eigenvalue weighted by atomic mass is 32.2. The summed E-state index contributed by atoms with van der Waals surface area (Å²) in [5, 5.41) is 0. The Balaban J connectivity index is 1.66. The van der Waals surface area contributed by atoms with Crippen molar-refractivity contribution in [3.63, 3.8) is 0 Å². The third kappa shape index (κ3) is 4.05. The smallest absolute Gasteiger partial charge is 0.243 e. The number of amidine groups is 1. The molecule has 0 aromatic heterocycles. The van der Waals surface area contributed by atoms with E-state index in [-0.39, 0.29) is 16.7 Å². The second-order valence-electron chi connectivity index (χ2n) is 8.35. The van der Waals surface area contributed by atoms with Crippen molar-refractivity contribution >= 4 is 27.3 Å². The van der Waals surface area contributed by atoms with Gasteiger partial charge in [0.05, 0.1) is 22.8 Å². The van der Waals surface area contributed by atoms with Crippen LogP contribution < -0.4 is 4.90 Å². The van der Waals surface area contributed by atoms with Crippen LogP contribution in [0.4, 0.5) is 5.69 Å². The number of aliphatic imine (C=N–C) groups is 1. The Morgan fingerprint density at radius 3 is 2.63 bits per heavy atom. The van der Waals surface area contributed by atoms with E-state index in [1.807, 2.05) is 4.90 Å². The number of methoxy groups -OCH3 is 1. The first-order chi connectivity index (χ1) is 14.5. The van der Waals surface area contributed by atoms with Crippen molar-refractivity contribution in [3.05, 3.63) is 23.8 Å². The number of fused-ring (bicyclic) bond motifs is 3. The fraction of sp³-hybridized carbons (Fsp3) is 0.636. The lowest BCUT2D eigenvalue weighted by Crippen LogP contribution is -2.38. The molecule has 7 nitrogen and oxygen atoms in total. The van der Waals surface area contributed by atoms with Crippen LogP contribution in [0, 0.1) is 0 Å². The first-order valence-electron chi connectivity index (χ1n) is 11.1. The number of ketones is 1. The molecule has 0 aliphatic carbocycles. The van der Waals surface area contributed by atoms with E-state index < -0.39 is 10.0 Å². The number of anilines is 1. The van der Waals surface area contributed by atoms with Gasteiger partial charge in [0.2, 0.25) is 15.8 Å². The van der Waals surface area contributed by atoms with Crippen molar-refractivity contribution in [2.24, 2.45) is 4.99 Å². The summed E-state index contributed by atoms with van der Waals surface area (Å²) in [6.45, 7) is 2.25. The lowest BCUT2D eigenvalue weighted by atomic mass is 10.1. The van der Waals surface area contributed by atoms with Gasteiger partial charge in [-0.3, -0.25) is 9.79 Å². The molecule has 1 saturated heterocycles. The van der Waals surface area contributed by atoms with Gasteiger partial charge in [0.25, 0.3) is 0 Å². The van der Waals surface area contributed by atoms with Crippen LogP contribution in [0.15, 0.2) is 28.1 Å². The average molecular weight is 434 g/mol. The first-order valence-corrected chi connectivity index (χ1v) is 12.5. The van der Waals surface area contributed by atoms with Crippen LogP contribution in [0.5, 0.6) is 0 Å². The van der Waals surface area contributed by atoms with Crippen LogP contribution >= 0.6 is 0 Å². The number of sulfonamides is 1. The summed E-state index contributed by atoms with van der Waals surface area (Å²) in [6, 6.07) is 4.82. The molecular weight excluding hydrogens is 402 g/mol. The van der Waals surface area contributed by atoms with Crippen LogP contribution in [0.1, 0.15) is 61.7 Å². The number of Topliss-reactive ketones (excluding diaryl/α,β-unsaturated/α-hetero) is 1. The molecule has 1 aromatic carbocycles. The molecule has 0 radical (unpaired) electrons. The molecule has 0 saturated carbocycles. The van der Waals surface area contributed by atoms with Crippen molar-refractivity contribution in [1.29, 1.82) is 0 Å². The Hall–Kier alpha value is -1.77. The lowest BCUT2D eigenvalue weighted by molar-refractivity contribution is 0.106. The summed E-state index contributed by atoms with van der Waals surface area (Å²) in [5.41, 5.74) is 1.24. The average Bonchev–Trinajstić information content (AvgIpc) is 3.29. The van der Waals surface area contributed by atoms with Crippen molar-refractivity contribution in [3.8, 4) is 0 Å². The second kappa shape index (κ2) is 9.16. The van der Waals surface area contributed by atoms with Gasteiger partial charge in [0.15, 0.2) is 5.84 Å². The molecule has 0 N–H and O–H groups in total. The molecular formula is C22H31N3O4S. The summed E-state index contributed by atoms with van der Waals surface area (Å²) in [4.78, 5) is 19.9. The molecule has 30 heavy (non-hydrogen) atoms. The number of carbonyl (C=O) groups is 1. The van der Waals surface area contributed by atoms with Crippen LogP contribution in [0.25, 0.3) is 0 Å². The van der Waals surface area contributed by atoms with E-state index in [4.69, 9.17) is 4.74 Å². The fourth-order valence-electron chi connectivity index (χ4n) is 4.73. The number of benzene rings is 1. The van der Waals surface area contributed by atoms with E-state index in [2.05, 4.69) is 4.99 Å². The van der Waals surface area contributed by atoms with Crippen molar-refractivity contribution in [2.45, 2.75) is 62.3 Å². The molecule has 8 heteroatoms. The number of hydrogen-bond acceptors (Lipinski definition) is 6. The van der Waals surface area contributed by atoms with Gasteiger partial charge in [0.1, 0.15) is 0 Å². The fourth-order valence-corrected chi connectivity index (χ4v) is 6.43. The monoisotopic (exact) mass is 433 g/mol. The highest BCUT2D eigenvalue weighted by molar-refractivity contribution is 7.89. The van der Waals surface area contributed by atoms with Crippen LogP contribution in [0.3, 0.4) is 0 Å². The van der Waals surface area contributed by atoms with Gasteiger partial charge in [-0.1, -0.05) is 25.7 Å². The molecule has 1 aromatic rings. The number of carbonyl (C=O) groups excluding carboxylic acids is 1. The number of rotatable bonds is 4. The van der Waals surface area contributed by atoms with E-state index in [0.29, 0.717) is 31.1 Å². The van der Waals surface area contributed by atoms with E-state index in [9.17, 15) is 13.2 Å². The summed E-state index contributed by atoms with van der Waals surface area (Å²) in [7, 11) is -2.09. The Labute approximate surface area is 179 Å². The number of ether oxygens (including phenoxy) is 1. The molecule has 1 atom stereocenters. The Bertz CT molecular complexity index is 928. The molecule has 0 bridgehead atoms. The zero-order valence-electron chi connectivity index (χ0n) is 17.7. The summed E-state index contributed by atoms with van der Waals surface area (Å²) < 4.78 is 33.3. The van der Waals surface area contributed by atoms with Gasteiger partial charge in [-0.05, 0) is 43.9 Å². The van der Waals surface area contributed by atoms with Crippen molar-refractivity contribution < 1.29 is 17.9 Å². The minimum absolute atomic E-state index is 0.150. The van der Waals surface area contributed by atoms with Gasteiger partial charge < -0.3 is 9.64 Å². The lowest BCUT2D eigenvalue weighted by Gasteiger charge is -2.24. The summed E-state index contributed by atoms with van der Waals surface area (Å²) in [5.74, 6) is 0.316. The number of hydrogen-bond donors (Lipinski definition) is 0. The predicted molar refractivity (Wildman–Crippen MR) is 117 cm³/mol. The van der Waals surface area contributed by atoms with E-state index in [0.717, 1.165) is 50.8 Å². The van der Waals surface area contributed by atoms with Gasteiger partial charge in [-0.15, -0.1) is 0 Å².